The van der Waals surface area contributed by atoms with E-state index in [1.807, 2.05) is 6.07 Å². The molecule has 0 radical (unpaired) electrons. The molecule has 18 heavy (non-hydrogen) atoms. The SMILES string of the molecule is COc1ccc(C2(N=C=O)CCC2)c2c1CCC2. The second-order valence-electron chi connectivity index (χ2n) is 5.21. The molecule has 94 valence electrons. The number of isocyanates is 1. The topological polar surface area (TPSA) is 38.7 Å². The van der Waals surface area contributed by atoms with Crippen LogP contribution in [0.3, 0.4) is 0 Å². The number of methoxy groups -OCH3 is 1. The third-order valence-electron chi connectivity index (χ3n) is 4.40. The number of ether oxygens (including phenoxy) is 1. The molecule has 2 aliphatic carbocycles. The molecule has 1 aromatic carbocycles. The first-order valence-corrected chi connectivity index (χ1v) is 6.59. The predicted molar refractivity (Wildman–Crippen MR) is 68.7 cm³/mol. The highest BCUT2D eigenvalue weighted by Gasteiger charge is 2.41. The number of nitrogens with zero attached hydrogens (tertiary/aromatic N) is 1. The van der Waals surface area contributed by atoms with E-state index in [2.05, 4.69) is 11.1 Å². The van der Waals surface area contributed by atoms with Gasteiger partial charge in [-0.05, 0) is 61.3 Å². The molecule has 0 spiro atoms. The van der Waals surface area contributed by atoms with Crippen LogP contribution in [-0.2, 0) is 23.2 Å². The molecule has 3 rings (SSSR count). The van der Waals surface area contributed by atoms with Crippen LogP contribution in [0, 0.1) is 0 Å². The van der Waals surface area contributed by atoms with Gasteiger partial charge in [-0.1, -0.05) is 6.07 Å². The molecule has 0 N–H and O–H groups in total. The molecule has 0 amide bonds. The van der Waals surface area contributed by atoms with Crippen LogP contribution in [0.25, 0.3) is 0 Å². The zero-order valence-electron chi connectivity index (χ0n) is 10.7. The molecule has 0 heterocycles. The van der Waals surface area contributed by atoms with E-state index >= 15 is 0 Å². The molecule has 3 nitrogen and oxygen atoms in total. The number of rotatable bonds is 3. The normalized spacial score (nSPS) is 19.6. The summed E-state index contributed by atoms with van der Waals surface area (Å²) in [6, 6.07) is 4.13. The van der Waals surface area contributed by atoms with Crippen LogP contribution in [-0.4, -0.2) is 13.2 Å². The summed E-state index contributed by atoms with van der Waals surface area (Å²) in [4.78, 5) is 14.8. The first kappa shape index (κ1) is 11.5. The van der Waals surface area contributed by atoms with Gasteiger partial charge in [-0.25, -0.2) is 4.79 Å². The van der Waals surface area contributed by atoms with Crippen molar-refractivity contribution in [3.8, 4) is 5.75 Å². The Hall–Kier alpha value is -1.60. The molecular formula is C15H17NO2. The fourth-order valence-electron chi connectivity index (χ4n) is 3.34. The summed E-state index contributed by atoms with van der Waals surface area (Å²) in [6.07, 6.45) is 8.19. The number of aliphatic imine (C=N–C) groups is 1. The molecule has 1 aromatic rings. The Balaban J connectivity index is 2.13. The van der Waals surface area contributed by atoms with Crippen molar-refractivity contribution in [1.82, 2.24) is 0 Å². The van der Waals surface area contributed by atoms with Crippen LogP contribution in [0.15, 0.2) is 17.1 Å². The van der Waals surface area contributed by atoms with Crippen LogP contribution in [0.2, 0.25) is 0 Å². The Labute approximate surface area is 107 Å². The van der Waals surface area contributed by atoms with Gasteiger partial charge < -0.3 is 4.74 Å². The predicted octanol–water partition coefficient (Wildman–Crippen LogP) is 2.90. The van der Waals surface area contributed by atoms with E-state index in [1.54, 1.807) is 13.2 Å². The molecule has 0 bridgehead atoms. The molecular weight excluding hydrogens is 226 g/mol. The average molecular weight is 243 g/mol. The van der Waals surface area contributed by atoms with Crippen molar-refractivity contribution in [2.24, 2.45) is 4.99 Å². The molecule has 3 heteroatoms. The molecule has 0 atom stereocenters. The van der Waals surface area contributed by atoms with Gasteiger partial charge in [0.1, 0.15) is 5.75 Å². The third kappa shape index (κ3) is 1.51. The Morgan fingerprint density at radius 3 is 2.61 bits per heavy atom. The van der Waals surface area contributed by atoms with Gasteiger partial charge in [0.05, 0.1) is 12.6 Å². The lowest BCUT2D eigenvalue weighted by atomic mass is 9.70. The maximum atomic E-state index is 10.7. The van der Waals surface area contributed by atoms with Gasteiger partial charge in [-0.15, -0.1) is 0 Å². The second-order valence-corrected chi connectivity index (χ2v) is 5.21. The summed E-state index contributed by atoms with van der Waals surface area (Å²) in [7, 11) is 1.72. The summed E-state index contributed by atoms with van der Waals surface area (Å²) in [6.45, 7) is 0. The first-order chi connectivity index (χ1) is 8.80. The van der Waals surface area contributed by atoms with Crippen molar-refractivity contribution in [2.75, 3.05) is 7.11 Å². The van der Waals surface area contributed by atoms with Crippen LogP contribution in [0.1, 0.15) is 42.4 Å². The van der Waals surface area contributed by atoms with Crippen molar-refractivity contribution >= 4 is 6.08 Å². The molecule has 0 aliphatic heterocycles. The van der Waals surface area contributed by atoms with E-state index in [4.69, 9.17) is 4.74 Å². The van der Waals surface area contributed by atoms with Crippen LogP contribution in [0.5, 0.6) is 5.75 Å². The Bertz CT molecular complexity index is 526. The van der Waals surface area contributed by atoms with Crippen molar-refractivity contribution in [1.29, 1.82) is 0 Å². The summed E-state index contributed by atoms with van der Waals surface area (Å²) in [5.74, 6) is 0.982. The average Bonchev–Trinajstić information content (AvgIpc) is 2.82. The second kappa shape index (κ2) is 4.25. The molecule has 0 aromatic heterocycles. The fraction of sp³-hybridized carbons (Fsp3) is 0.533. The lowest BCUT2D eigenvalue weighted by molar-refractivity contribution is 0.254. The number of carbonyl (C=O) groups excluding carboxylic acids is 1. The smallest absolute Gasteiger partial charge is 0.235 e. The fourth-order valence-corrected chi connectivity index (χ4v) is 3.34. The summed E-state index contributed by atoms with van der Waals surface area (Å²) >= 11 is 0. The van der Waals surface area contributed by atoms with Gasteiger partial charge >= 0.3 is 0 Å². The van der Waals surface area contributed by atoms with Gasteiger partial charge in [-0.3, -0.25) is 0 Å². The van der Waals surface area contributed by atoms with Gasteiger partial charge in [0.25, 0.3) is 0 Å². The molecule has 0 saturated heterocycles. The maximum Gasteiger partial charge on any atom is 0.235 e. The minimum absolute atomic E-state index is 0.275. The third-order valence-corrected chi connectivity index (χ3v) is 4.40. The number of benzene rings is 1. The standard InChI is InChI=1S/C15H17NO2/c1-18-14-7-6-13(11-4-2-5-12(11)14)15(16-10-17)8-3-9-15/h6-7H,2-5,8-9H2,1H3. The van der Waals surface area contributed by atoms with Crippen molar-refractivity contribution in [3.05, 3.63) is 28.8 Å². The van der Waals surface area contributed by atoms with Gasteiger partial charge in [0.2, 0.25) is 6.08 Å². The number of fused-ring (bicyclic) bond motifs is 1. The summed E-state index contributed by atoms with van der Waals surface area (Å²) in [5, 5.41) is 0. The monoisotopic (exact) mass is 243 g/mol. The molecule has 0 unspecified atom stereocenters. The van der Waals surface area contributed by atoms with Gasteiger partial charge in [0, 0.05) is 0 Å². The first-order valence-electron chi connectivity index (χ1n) is 6.59. The zero-order chi connectivity index (χ0) is 12.6. The summed E-state index contributed by atoms with van der Waals surface area (Å²) in [5.41, 5.74) is 3.66. The van der Waals surface area contributed by atoms with E-state index < -0.39 is 0 Å². The molecule has 1 saturated carbocycles. The Morgan fingerprint density at radius 1 is 1.22 bits per heavy atom. The van der Waals surface area contributed by atoms with Crippen LogP contribution in [0.4, 0.5) is 0 Å². The number of hydrogen-bond acceptors (Lipinski definition) is 3. The molecule has 2 aliphatic rings. The van der Waals surface area contributed by atoms with E-state index in [0.717, 1.165) is 37.9 Å². The highest BCUT2D eigenvalue weighted by molar-refractivity contribution is 5.52. The Morgan fingerprint density at radius 2 is 2.00 bits per heavy atom. The minimum Gasteiger partial charge on any atom is -0.496 e. The van der Waals surface area contributed by atoms with E-state index in [-0.39, 0.29) is 5.54 Å². The Kier molecular flexibility index (Phi) is 2.71. The molecule has 1 fully saturated rings. The largest absolute Gasteiger partial charge is 0.496 e. The lowest BCUT2D eigenvalue weighted by Crippen LogP contribution is -2.33. The van der Waals surface area contributed by atoms with Gasteiger partial charge in [-0.2, -0.15) is 4.99 Å². The van der Waals surface area contributed by atoms with Crippen LogP contribution < -0.4 is 4.74 Å². The lowest BCUT2D eigenvalue weighted by Gasteiger charge is -2.38. The number of hydrogen-bond donors (Lipinski definition) is 0. The summed E-state index contributed by atoms with van der Waals surface area (Å²) < 4.78 is 5.43. The van der Waals surface area contributed by atoms with Crippen LogP contribution >= 0.6 is 0 Å². The van der Waals surface area contributed by atoms with Gasteiger partial charge in [0.15, 0.2) is 0 Å². The van der Waals surface area contributed by atoms with E-state index in [1.165, 1.54) is 23.1 Å². The van der Waals surface area contributed by atoms with Crippen molar-refractivity contribution in [3.63, 3.8) is 0 Å². The van der Waals surface area contributed by atoms with Crippen molar-refractivity contribution in [2.45, 2.75) is 44.1 Å². The zero-order valence-corrected chi connectivity index (χ0v) is 10.7. The maximum absolute atomic E-state index is 10.7. The minimum atomic E-state index is -0.275. The highest BCUT2D eigenvalue weighted by atomic mass is 16.5. The van der Waals surface area contributed by atoms with Crippen molar-refractivity contribution < 1.29 is 9.53 Å². The quantitative estimate of drug-likeness (QED) is 0.605. The van der Waals surface area contributed by atoms with E-state index in [0.29, 0.717) is 0 Å². The van der Waals surface area contributed by atoms with E-state index in [9.17, 15) is 4.79 Å². The highest BCUT2D eigenvalue weighted by Crippen LogP contribution is 2.49.